The number of carbonyl (C=O) groups excluding carboxylic acids is 5. The van der Waals surface area contributed by atoms with Crippen molar-refractivity contribution in [3.63, 3.8) is 0 Å². The largest absolute Gasteiger partial charge is 0.493 e. The maximum Gasteiger partial charge on any atom is 0.161 e. The van der Waals surface area contributed by atoms with Gasteiger partial charge in [0, 0.05) is 187 Å². The zero-order chi connectivity index (χ0) is 116. The fourth-order valence-electron chi connectivity index (χ4n) is 18.0. The Morgan fingerprint density at radius 3 is 0.932 bits per heavy atom. The second-order valence-electron chi connectivity index (χ2n) is 32.4. The normalized spacial score (nSPS) is 33.1. The van der Waals surface area contributed by atoms with E-state index in [1.54, 1.807) is 42.5 Å². The van der Waals surface area contributed by atoms with Gasteiger partial charge in [0.25, 0.3) is 0 Å². The summed E-state index contributed by atoms with van der Waals surface area (Å²) >= 11 is 0. The molecule has 0 N–H and O–H groups in total. The average molecular weight is 1650 g/mol. The Balaban J connectivity index is 0.000000183. The van der Waals surface area contributed by atoms with Crippen LogP contribution in [0.5, 0.6) is 57.5 Å². The molecule has 10 aliphatic rings. The minimum Gasteiger partial charge on any atom is -0.493 e. The van der Waals surface area contributed by atoms with Crippen molar-refractivity contribution in [2.45, 2.75) is 208 Å². The molecule has 12 unspecified atom stereocenters. The van der Waals surface area contributed by atoms with Crippen LogP contribution < -0.4 is 47.4 Å². The molecular weight excluding hydrogens is 1480 g/mol. The van der Waals surface area contributed by atoms with E-state index in [-0.39, 0.29) is 102 Å². The summed E-state index contributed by atoms with van der Waals surface area (Å²) in [6, 6.07) is 13.5. The molecule has 642 valence electrons. The first-order chi connectivity index (χ1) is 70.2. The van der Waals surface area contributed by atoms with Crippen LogP contribution in [0, 0.1) is 59.1 Å². The van der Waals surface area contributed by atoms with Gasteiger partial charge in [-0.2, -0.15) is 0 Å². The van der Waals surface area contributed by atoms with Crippen molar-refractivity contribution >= 4 is 28.9 Å². The van der Waals surface area contributed by atoms with E-state index in [0.717, 1.165) is 86.1 Å². The van der Waals surface area contributed by atoms with Gasteiger partial charge in [0.15, 0.2) is 57.5 Å². The number of carbonyl (C=O) groups is 5. The molecular formula is C97H139N5O15. The number of Topliss-reactive ketones (excluding diaryl/α,β-unsaturated/α-hetero) is 5. The third-order valence-corrected chi connectivity index (χ3v) is 23.7. The predicted octanol–water partition coefficient (Wildman–Crippen LogP) is 17.0. The number of benzene rings is 5. The van der Waals surface area contributed by atoms with Crippen LogP contribution in [0.4, 0.5) is 0 Å². The number of rotatable bonds is 22. The van der Waals surface area contributed by atoms with Crippen molar-refractivity contribution in [3.8, 4) is 57.5 Å². The molecule has 0 aliphatic carbocycles. The van der Waals surface area contributed by atoms with Crippen LogP contribution in [-0.2, 0) is 56.1 Å². The molecule has 0 spiro atoms. The standard InChI is InChI=1S/2C20H29NO3.3C19H27NO3/c2*1-5-13(2)8-15-12-21-7-6-14-9-19(23-3)20(24-4)10-16(14)17(21)11-18(15)22;3*1-12(2)7-14-11-20-6-5-13-8-18(22-3)19(23-4)9-15(13)16(20)10-17(14)21/h2*9-10,13,15,17H,5-8,11-12H2,1-4H3;3*8-9,12,14,16H,5-7,10-11H2,1-4H3/i2D3,5D2,8D2,11D2,13D,15D;2D3,3D3,5D2,8D2,13D;3D3,10D2,14D;3D3,4D3;4D3. The molecule has 10 heterocycles. The molecule has 20 heteroatoms. The molecule has 20 nitrogen and oxygen atoms in total. The van der Waals surface area contributed by atoms with Gasteiger partial charge in [-0.25, -0.2) is 0 Å². The van der Waals surface area contributed by atoms with Gasteiger partial charge in [-0.05, 0) is 210 Å². The van der Waals surface area contributed by atoms with E-state index in [2.05, 4.69) is 37.5 Å². The van der Waals surface area contributed by atoms with Crippen LogP contribution in [0.3, 0.4) is 0 Å². The molecule has 0 bridgehead atoms. The molecule has 10 aliphatic heterocycles. The van der Waals surface area contributed by atoms with Crippen LogP contribution >= 0.6 is 0 Å². The number of ether oxygens (including phenoxy) is 10. The SMILES string of the molecule is [2H]C([2H])([2H])Oc1cc2c(cc1OC([2H])([2H])[2H])C1CC(=O)C(CC(C)C)CN1CC2.[2H]C([2H])([2H])Oc1cc2c(cc1OC)C1CC(=O)C(C([2H])([2H])C([2H])(C([2H])([2H])[2H])C([2H])([2H])C)CN1CC2.[2H]C([2H])([2H])Oc1cc2c(cc1OC)C1N(CC2)CC([2H])(CC(C)C)C(=O)C1([2H])[2H].[2H]C([2H])([2H])Oc1cc2c(cc1OC)CCN1CC(CC(C)C)C(=O)CC21.[2H]C1([2H])C(=O)C([2H])(C([2H])([2H])C([2H])(C([2H])([2H])[2H])C([2H])([2H])C)CN2CCc3cc(OC)c(OC)cc3C21. The van der Waals surface area contributed by atoms with Crippen LogP contribution in [0.15, 0.2) is 60.7 Å². The van der Waals surface area contributed by atoms with Crippen LogP contribution in [0.25, 0.3) is 0 Å². The zero-order valence-electron chi connectivity index (χ0n) is 106. The third kappa shape index (κ3) is 21.0. The Bertz CT molecular complexity index is 5870. The van der Waals surface area contributed by atoms with E-state index in [4.69, 9.17) is 98.1 Å². The maximum absolute atomic E-state index is 13.6. The summed E-state index contributed by atoms with van der Waals surface area (Å²) in [6.07, 6.45) is -11.9. The molecule has 0 amide bonds. The molecule has 12 atom stereocenters. The van der Waals surface area contributed by atoms with Gasteiger partial charge in [0.1, 0.15) is 28.9 Å². The van der Waals surface area contributed by atoms with E-state index in [9.17, 15) is 24.0 Å². The van der Waals surface area contributed by atoms with Crippen LogP contribution in [-0.4, -0.2) is 190 Å². The third-order valence-electron chi connectivity index (χ3n) is 23.7. The lowest BCUT2D eigenvalue weighted by Gasteiger charge is -2.43. The molecule has 5 fully saturated rings. The van der Waals surface area contributed by atoms with Gasteiger partial charge < -0.3 is 47.4 Å². The van der Waals surface area contributed by atoms with Gasteiger partial charge in [0.2, 0.25) is 0 Å². The topological polar surface area (TPSA) is 194 Å². The minimum atomic E-state index is -3.60. The van der Waals surface area contributed by atoms with Gasteiger partial charge in [-0.3, -0.25) is 48.5 Å². The van der Waals surface area contributed by atoms with E-state index in [1.807, 2.05) is 29.7 Å². The van der Waals surface area contributed by atoms with Crippen molar-refractivity contribution in [1.82, 2.24) is 24.5 Å². The van der Waals surface area contributed by atoms with Gasteiger partial charge in [-0.1, -0.05) is 81.8 Å². The summed E-state index contributed by atoms with van der Waals surface area (Å²) in [5.41, 5.74) is 7.60. The number of piperidine rings is 5. The Morgan fingerprint density at radius 1 is 0.359 bits per heavy atom. The highest BCUT2D eigenvalue weighted by molar-refractivity contribution is 5.86. The first kappa shape index (κ1) is 52.4. The highest BCUT2D eigenvalue weighted by Gasteiger charge is 2.45. The quantitative estimate of drug-likeness (QED) is 0.0634. The Labute approximate surface area is 751 Å². The summed E-state index contributed by atoms with van der Waals surface area (Å²) in [4.78, 5) is 75.0. The smallest absolute Gasteiger partial charge is 0.161 e. The summed E-state index contributed by atoms with van der Waals surface area (Å²) in [7, 11) is -6.26. The van der Waals surface area contributed by atoms with E-state index >= 15 is 0 Å². The zero-order valence-corrected chi connectivity index (χ0v) is 69.3. The number of hydrogen-bond donors (Lipinski definition) is 0. The maximum atomic E-state index is 13.6. The molecule has 117 heavy (non-hydrogen) atoms. The fraction of sp³-hybridized carbons (Fsp3) is 0.639. The molecule has 5 saturated heterocycles. The first-order valence-corrected chi connectivity index (χ1v) is 40.1. The molecule has 5 aromatic rings. The first-order valence-electron chi connectivity index (χ1n) is 58.6. The second-order valence-corrected chi connectivity index (χ2v) is 32.4. The molecule has 5 aromatic carbocycles. The highest BCUT2D eigenvalue weighted by atomic mass is 16.5. The Morgan fingerprint density at radius 2 is 0.624 bits per heavy atom. The molecule has 0 aromatic heterocycles. The lowest BCUT2D eigenvalue weighted by Crippen LogP contribution is -2.46. The second kappa shape index (κ2) is 41.0. The predicted molar refractivity (Wildman–Crippen MR) is 460 cm³/mol. The van der Waals surface area contributed by atoms with Gasteiger partial charge >= 0.3 is 0 Å². The lowest BCUT2D eigenvalue weighted by molar-refractivity contribution is -0.130. The van der Waals surface area contributed by atoms with Gasteiger partial charge in [-0.15, -0.1) is 0 Å². The number of nitrogens with zero attached hydrogens (tertiary/aromatic N) is 5. The van der Waals surface area contributed by atoms with Crippen LogP contribution in [0.1, 0.15) is 282 Å². The number of hydrogen-bond acceptors (Lipinski definition) is 20. The van der Waals surface area contributed by atoms with E-state index < -0.39 is 159 Å². The summed E-state index contributed by atoms with van der Waals surface area (Å²) in [6.45, 7) is 10.4. The lowest BCUT2D eigenvalue weighted by atomic mass is 9.79. The number of methoxy groups -OCH3 is 10. The molecule has 0 radical (unpaired) electrons. The Hall–Kier alpha value is -7.75. The molecule has 15 rings (SSSR count). The van der Waals surface area contributed by atoms with Crippen LogP contribution in [0.2, 0.25) is 0 Å². The highest BCUT2D eigenvalue weighted by Crippen LogP contribution is 2.49. The van der Waals surface area contributed by atoms with E-state index in [0.29, 0.717) is 122 Å². The summed E-state index contributed by atoms with van der Waals surface area (Å²) in [5.74, 6) is -12.4. The fourth-order valence-corrected chi connectivity index (χ4v) is 18.0. The van der Waals surface area contributed by atoms with Crippen molar-refractivity contribution in [2.75, 3.05) is 136 Å². The Kier molecular flexibility index (Phi) is 18.4. The minimum absolute atomic E-state index is 0.000445. The van der Waals surface area contributed by atoms with Gasteiger partial charge in [0.05, 0.1) is 91.3 Å². The van der Waals surface area contributed by atoms with Crippen molar-refractivity contribution in [1.29, 1.82) is 0 Å². The van der Waals surface area contributed by atoms with Crippen molar-refractivity contribution in [3.05, 3.63) is 116 Å². The van der Waals surface area contributed by atoms with Crippen molar-refractivity contribution in [2.24, 2.45) is 59.1 Å². The number of fused-ring (bicyclic) bond motifs is 15. The number of ketones is 5. The summed E-state index contributed by atoms with van der Waals surface area (Å²) in [5, 5.41) is 0. The average Bonchev–Trinajstić information content (AvgIpc) is 0.679. The summed E-state index contributed by atoms with van der Waals surface area (Å²) < 4.78 is 344. The molecule has 0 saturated carbocycles. The van der Waals surface area contributed by atoms with E-state index in [1.165, 1.54) is 52.6 Å². The monoisotopic (exact) mass is 1650 g/mol. The van der Waals surface area contributed by atoms with Crippen molar-refractivity contribution < 1.29 is 122 Å².